The van der Waals surface area contributed by atoms with Gasteiger partial charge in [0.05, 0.1) is 29.9 Å². The Morgan fingerprint density at radius 1 is 0.975 bits per heavy atom. The molecule has 3 aromatic carbocycles. The quantitative estimate of drug-likeness (QED) is 0.159. The number of pyridine rings is 1. The molecular formula is C29H29ClN4O6. The average Bonchev–Trinajstić information content (AvgIpc) is 2.94. The normalized spacial score (nSPS) is 10.8. The molecular weight excluding hydrogens is 536 g/mol. The lowest BCUT2D eigenvalue weighted by Crippen LogP contribution is -2.26. The summed E-state index contributed by atoms with van der Waals surface area (Å²) in [6.07, 6.45) is 0.561. The minimum atomic E-state index is -0.695. The number of methoxy groups -OCH3 is 2. The first-order chi connectivity index (χ1) is 19.3. The number of rotatable bonds is 11. The summed E-state index contributed by atoms with van der Waals surface area (Å²) in [7, 11) is 3.05. The number of hydrogen-bond acceptors (Lipinski definition) is 7. The predicted molar refractivity (Wildman–Crippen MR) is 155 cm³/mol. The molecule has 0 saturated carbocycles. The molecule has 40 heavy (non-hydrogen) atoms. The standard InChI is InChI=1S/C29H29ClN4O6/c1-38-11-12-40-26-15-19-13-20(28(36)33-23(19)16-25(26)39-2)29(37)34-24-14-18(7-8-21(24)30)27(35)32-10-9-17-5-3-4-6-22(17)31/h3-8,13-16H,9-12,31H2,1-2H3,(H,32,35)(H,33,36)(H,34,37). The Bertz CT molecular complexity index is 1600. The lowest BCUT2D eigenvalue weighted by Gasteiger charge is -2.13. The predicted octanol–water partition coefficient (Wildman–Crippen LogP) is 4.02. The molecule has 0 aliphatic rings. The van der Waals surface area contributed by atoms with E-state index in [1.165, 1.54) is 25.3 Å². The number of ether oxygens (including phenoxy) is 3. The summed E-state index contributed by atoms with van der Waals surface area (Å²) in [5.74, 6) is -0.187. The first-order valence-corrected chi connectivity index (χ1v) is 12.8. The van der Waals surface area contributed by atoms with E-state index < -0.39 is 11.5 Å². The first-order valence-electron chi connectivity index (χ1n) is 12.4. The van der Waals surface area contributed by atoms with Gasteiger partial charge in [-0.15, -0.1) is 0 Å². The summed E-state index contributed by atoms with van der Waals surface area (Å²) in [6, 6.07) is 16.7. The van der Waals surface area contributed by atoms with Crippen molar-refractivity contribution in [1.29, 1.82) is 0 Å². The third-order valence-corrected chi connectivity index (χ3v) is 6.46. The Morgan fingerprint density at radius 3 is 2.52 bits per heavy atom. The van der Waals surface area contributed by atoms with E-state index in [-0.39, 0.29) is 34.4 Å². The van der Waals surface area contributed by atoms with Gasteiger partial charge in [0.15, 0.2) is 11.5 Å². The van der Waals surface area contributed by atoms with Crippen molar-refractivity contribution in [3.05, 3.63) is 92.7 Å². The average molecular weight is 565 g/mol. The second-order valence-electron chi connectivity index (χ2n) is 8.80. The highest BCUT2D eigenvalue weighted by Gasteiger charge is 2.17. The number of amides is 2. The van der Waals surface area contributed by atoms with Crippen molar-refractivity contribution in [3.63, 3.8) is 0 Å². The highest BCUT2D eigenvalue weighted by molar-refractivity contribution is 6.34. The molecule has 11 heteroatoms. The number of halogens is 1. The van der Waals surface area contributed by atoms with Crippen molar-refractivity contribution in [3.8, 4) is 11.5 Å². The van der Waals surface area contributed by atoms with E-state index in [0.29, 0.717) is 47.7 Å². The molecule has 1 aromatic heterocycles. The molecule has 4 rings (SSSR count). The van der Waals surface area contributed by atoms with Crippen LogP contribution in [0.15, 0.2) is 65.5 Å². The molecule has 0 radical (unpaired) electrons. The monoisotopic (exact) mass is 564 g/mol. The Kier molecular flexibility index (Phi) is 9.26. The van der Waals surface area contributed by atoms with E-state index in [4.69, 9.17) is 31.5 Å². The van der Waals surface area contributed by atoms with E-state index in [2.05, 4.69) is 15.6 Å². The molecule has 2 amide bonds. The number of para-hydroxylation sites is 1. The van der Waals surface area contributed by atoms with Gasteiger partial charge >= 0.3 is 0 Å². The summed E-state index contributed by atoms with van der Waals surface area (Å²) in [6.45, 7) is 1.03. The Morgan fingerprint density at radius 2 is 1.77 bits per heavy atom. The van der Waals surface area contributed by atoms with Crippen LogP contribution in [-0.4, -0.2) is 50.8 Å². The zero-order valence-electron chi connectivity index (χ0n) is 22.0. The minimum absolute atomic E-state index is 0.146. The zero-order valence-corrected chi connectivity index (χ0v) is 22.8. The molecule has 0 saturated heterocycles. The van der Waals surface area contributed by atoms with Gasteiger partial charge in [-0.25, -0.2) is 0 Å². The number of carbonyl (C=O) groups is 2. The van der Waals surface area contributed by atoms with E-state index in [1.54, 1.807) is 31.4 Å². The van der Waals surface area contributed by atoms with Crippen LogP contribution in [0.2, 0.25) is 5.02 Å². The maximum atomic E-state index is 13.1. The van der Waals surface area contributed by atoms with Crippen LogP contribution in [0.4, 0.5) is 11.4 Å². The highest BCUT2D eigenvalue weighted by atomic mass is 35.5. The fraction of sp³-hybridized carbons (Fsp3) is 0.207. The maximum absolute atomic E-state index is 13.1. The summed E-state index contributed by atoms with van der Waals surface area (Å²) < 4.78 is 16.1. The van der Waals surface area contributed by atoms with Crippen LogP contribution in [0.5, 0.6) is 11.5 Å². The van der Waals surface area contributed by atoms with Crippen LogP contribution in [0.1, 0.15) is 26.3 Å². The van der Waals surface area contributed by atoms with E-state index >= 15 is 0 Å². The summed E-state index contributed by atoms with van der Waals surface area (Å²) in [5.41, 5.74) is 7.73. The summed E-state index contributed by atoms with van der Waals surface area (Å²) in [5, 5.41) is 6.23. The topological polar surface area (TPSA) is 145 Å². The smallest absolute Gasteiger partial charge is 0.261 e. The van der Waals surface area contributed by atoms with Crippen LogP contribution in [-0.2, 0) is 11.2 Å². The summed E-state index contributed by atoms with van der Waals surface area (Å²) >= 11 is 6.30. The number of carbonyl (C=O) groups excluding carboxylic acids is 2. The van der Waals surface area contributed by atoms with Gasteiger partial charge in [0.2, 0.25) is 0 Å². The van der Waals surface area contributed by atoms with Gasteiger partial charge in [-0.05, 0) is 48.4 Å². The van der Waals surface area contributed by atoms with Crippen LogP contribution in [0.3, 0.4) is 0 Å². The van der Waals surface area contributed by atoms with Crippen molar-refractivity contribution in [1.82, 2.24) is 10.3 Å². The highest BCUT2D eigenvalue weighted by Crippen LogP contribution is 2.32. The van der Waals surface area contributed by atoms with Gasteiger partial charge in [0.25, 0.3) is 17.4 Å². The zero-order chi connectivity index (χ0) is 28.6. The van der Waals surface area contributed by atoms with Crippen molar-refractivity contribution in [2.24, 2.45) is 0 Å². The van der Waals surface area contributed by atoms with E-state index in [0.717, 1.165) is 5.56 Å². The Hall–Kier alpha value is -4.54. The fourth-order valence-corrected chi connectivity index (χ4v) is 4.18. The first kappa shape index (κ1) is 28.5. The van der Waals surface area contributed by atoms with Gasteiger partial charge in [0, 0.05) is 36.4 Å². The minimum Gasteiger partial charge on any atom is -0.493 e. The SMILES string of the molecule is COCCOc1cc2cc(C(=O)Nc3cc(C(=O)NCCc4ccccc4N)ccc3Cl)c(=O)[nH]c2cc1OC. The van der Waals surface area contributed by atoms with Crippen molar-refractivity contribution >= 4 is 45.7 Å². The number of nitrogens with two attached hydrogens (primary N) is 1. The lowest BCUT2D eigenvalue weighted by atomic mass is 10.1. The van der Waals surface area contributed by atoms with Crippen molar-refractivity contribution in [2.75, 3.05) is 45.0 Å². The molecule has 1 heterocycles. The van der Waals surface area contributed by atoms with Crippen molar-refractivity contribution < 1.29 is 23.8 Å². The fourth-order valence-electron chi connectivity index (χ4n) is 4.02. The number of aromatic nitrogens is 1. The van der Waals surface area contributed by atoms with Gasteiger partial charge in [-0.3, -0.25) is 14.4 Å². The van der Waals surface area contributed by atoms with Gasteiger partial charge in [-0.2, -0.15) is 0 Å². The number of aromatic amines is 1. The lowest BCUT2D eigenvalue weighted by molar-refractivity contribution is 0.0952. The number of fused-ring (bicyclic) bond motifs is 1. The molecule has 5 N–H and O–H groups in total. The number of hydrogen-bond donors (Lipinski definition) is 4. The Balaban J connectivity index is 1.51. The van der Waals surface area contributed by atoms with Gasteiger partial charge in [-0.1, -0.05) is 29.8 Å². The molecule has 0 aliphatic carbocycles. The number of anilines is 2. The number of H-pyrrole nitrogens is 1. The third kappa shape index (κ3) is 6.71. The third-order valence-electron chi connectivity index (χ3n) is 6.13. The van der Waals surface area contributed by atoms with Gasteiger partial charge in [0.1, 0.15) is 12.2 Å². The molecule has 0 fully saturated rings. The van der Waals surface area contributed by atoms with Gasteiger partial charge < -0.3 is 35.6 Å². The van der Waals surface area contributed by atoms with Crippen molar-refractivity contribution in [2.45, 2.75) is 6.42 Å². The number of benzene rings is 3. The Labute approximate surface area is 235 Å². The summed E-state index contributed by atoms with van der Waals surface area (Å²) in [4.78, 5) is 41.3. The molecule has 0 aliphatic heterocycles. The van der Waals surface area contributed by atoms with Crippen LogP contribution < -0.4 is 31.4 Å². The molecule has 0 unspecified atom stereocenters. The molecule has 4 aromatic rings. The largest absolute Gasteiger partial charge is 0.493 e. The number of nitrogens with one attached hydrogen (secondary N) is 3. The molecule has 10 nitrogen and oxygen atoms in total. The molecule has 0 bridgehead atoms. The second kappa shape index (κ2) is 13.0. The molecule has 0 spiro atoms. The molecule has 208 valence electrons. The van der Waals surface area contributed by atoms with E-state index in [1.807, 2.05) is 18.2 Å². The second-order valence-corrected chi connectivity index (χ2v) is 9.20. The van der Waals surface area contributed by atoms with Crippen LogP contribution >= 0.6 is 11.6 Å². The van der Waals surface area contributed by atoms with Crippen LogP contribution in [0, 0.1) is 0 Å². The molecule has 0 atom stereocenters. The van der Waals surface area contributed by atoms with E-state index in [9.17, 15) is 14.4 Å². The van der Waals surface area contributed by atoms with Crippen LogP contribution in [0.25, 0.3) is 10.9 Å². The maximum Gasteiger partial charge on any atom is 0.261 e. The number of nitrogen functional groups attached to an aromatic ring is 1.